The van der Waals surface area contributed by atoms with E-state index >= 15 is 0 Å². The minimum atomic E-state index is 0.773. The van der Waals surface area contributed by atoms with Crippen LogP contribution < -0.4 is 0 Å². The minimum Gasteiger partial charge on any atom is -0.296 e. The second kappa shape index (κ2) is 7.34. The van der Waals surface area contributed by atoms with Crippen LogP contribution in [-0.4, -0.2) is 29.8 Å². The van der Waals surface area contributed by atoms with Crippen molar-refractivity contribution in [2.24, 2.45) is 5.92 Å². The third-order valence-electron chi connectivity index (χ3n) is 3.05. The van der Waals surface area contributed by atoms with Crippen LogP contribution in [0.3, 0.4) is 0 Å². The summed E-state index contributed by atoms with van der Waals surface area (Å²) in [5.74, 6) is 1.63. The van der Waals surface area contributed by atoms with Crippen LogP contribution in [0, 0.1) is 5.92 Å². The molecule has 0 radical (unpaired) electrons. The lowest BCUT2D eigenvalue weighted by Gasteiger charge is -2.29. The summed E-state index contributed by atoms with van der Waals surface area (Å²) in [5.41, 5.74) is 0. The molecular weight excluding hydrogens is 202 g/mol. The molecule has 0 aliphatic heterocycles. The minimum absolute atomic E-state index is 0.773. The average Bonchev–Trinajstić information content (AvgIpc) is 2.68. The van der Waals surface area contributed by atoms with Gasteiger partial charge in [0.1, 0.15) is 0 Å². The monoisotopic (exact) mass is 227 g/mol. The Morgan fingerprint density at radius 1 is 1.27 bits per heavy atom. The van der Waals surface area contributed by atoms with E-state index in [1.807, 2.05) is 0 Å². The summed E-state index contributed by atoms with van der Waals surface area (Å²) >= 11 is 4.20. The SMILES string of the molecule is CC(C)CN(CC=CCS)C1CCCC1. The summed E-state index contributed by atoms with van der Waals surface area (Å²) in [6, 6.07) is 0.844. The Morgan fingerprint density at radius 3 is 2.47 bits per heavy atom. The smallest absolute Gasteiger partial charge is 0.0166 e. The third kappa shape index (κ3) is 5.07. The van der Waals surface area contributed by atoms with Gasteiger partial charge in [0.15, 0.2) is 0 Å². The van der Waals surface area contributed by atoms with Gasteiger partial charge in [-0.25, -0.2) is 0 Å². The maximum Gasteiger partial charge on any atom is 0.0166 e. The molecule has 88 valence electrons. The summed E-state index contributed by atoms with van der Waals surface area (Å²) in [5, 5.41) is 0. The Balaban J connectivity index is 2.40. The molecule has 0 amide bonds. The maximum absolute atomic E-state index is 4.20. The molecule has 0 N–H and O–H groups in total. The Hall–Kier alpha value is 0.0500. The van der Waals surface area contributed by atoms with E-state index in [0.29, 0.717) is 0 Å². The summed E-state index contributed by atoms with van der Waals surface area (Å²) < 4.78 is 0. The quantitative estimate of drug-likeness (QED) is 0.538. The molecule has 0 aromatic rings. The molecule has 1 nitrogen and oxygen atoms in total. The number of nitrogens with zero attached hydrogens (tertiary/aromatic N) is 1. The molecule has 0 aromatic carbocycles. The van der Waals surface area contributed by atoms with Crippen molar-refractivity contribution in [1.29, 1.82) is 0 Å². The largest absolute Gasteiger partial charge is 0.296 e. The Morgan fingerprint density at radius 2 is 1.93 bits per heavy atom. The second-order valence-corrected chi connectivity index (χ2v) is 5.31. The second-order valence-electron chi connectivity index (χ2n) is 4.94. The van der Waals surface area contributed by atoms with Crippen molar-refractivity contribution >= 4 is 12.6 Å². The molecule has 1 aliphatic rings. The lowest BCUT2D eigenvalue weighted by atomic mass is 10.1. The highest BCUT2D eigenvalue weighted by atomic mass is 32.1. The van der Waals surface area contributed by atoms with Crippen molar-refractivity contribution in [3.8, 4) is 0 Å². The van der Waals surface area contributed by atoms with E-state index in [-0.39, 0.29) is 0 Å². The normalized spacial score (nSPS) is 18.7. The van der Waals surface area contributed by atoms with Gasteiger partial charge in [-0.2, -0.15) is 12.6 Å². The molecule has 0 saturated heterocycles. The van der Waals surface area contributed by atoms with Gasteiger partial charge in [-0.1, -0.05) is 38.8 Å². The van der Waals surface area contributed by atoms with Crippen molar-refractivity contribution in [3.63, 3.8) is 0 Å². The zero-order chi connectivity index (χ0) is 11.1. The topological polar surface area (TPSA) is 3.24 Å². The van der Waals surface area contributed by atoms with Gasteiger partial charge in [-0.05, 0) is 18.8 Å². The van der Waals surface area contributed by atoms with Crippen LogP contribution >= 0.6 is 12.6 Å². The highest BCUT2D eigenvalue weighted by molar-refractivity contribution is 7.80. The van der Waals surface area contributed by atoms with Gasteiger partial charge in [0, 0.05) is 24.9 Å². The van der Waals surface area contributed by atoms with E-state index in [1.54, 1.807) is 0 Å². The van der Waals surface area contributed by atoms with E-state index in [1.165, 1.54) is 32.2 Å². The van der Waals surface area contributed by atoms with Crippen LogP contribution in [0.2, 0.25) is 0 Å². The van der Waals surface area contributed by atoms with E-state index < -0.39 is 0 Å². The van der Waals surface area contributed by atoms with Crippen molar-refractivity contribution in [1.82, 2.24) is 4.90 Å². The molecule has 2 heteroatoms. The molecule has 1 rings (SSSR count). The Labute approximate surface area is 100 Å². The van der Waals surface area contributed by atoms with E-state index in [0.717, 1.165) is 24.3 Å². The van der Waals surface area contributed by atoms with Crippen LogP contribution in [0.5, 0.6) is 0 Å². The van der Waals surface area contributed by atoms with Gasteiger partial charge >= 0.3 is 0 Å². The van der Waals surface area contributed by atoms with Gasteiger partial charge in [-0.3, -0.25) is 4.90 Å². The standard InChI is InChI=1S/C13H25NS/c1-12(2)11-14(9-5-6-10-15)13-7-3-4-8-13/h5-6,12-13,15H,3-4,7-11H2,1-2H3. The lowest BCUT2D eigenvalue weighted by Crippen LogP contribution is -2.36. The average molecular weight is 227 g/mol. The van der Waals surface area contributed by atoms with E-state index in [9.17, 15) is 0 Å². The molecule has 1 saturated carbocycles. The Kier molecular flexibility index (Phi) is 6.42. The van der Waals surface area contributed by atoms with Gasteiger partial charge < -0.3 is 0 Å². The number of hydrogen-bond donors (Lipinski definition) is 1. The number of thiol groups is 1. The fraction of sp³-hybridized carbons (Fsp3) is 0.846. The Bertz CT molecular complexity index is 183. The fourth-order valence-electron chi connectivity index (χ4n) is 2.40. The summed E-state index contributed by atoms with van der Waals surface area (Å²) in [4.78, 5) is 2.65. The highest BCUT2D eigenvalue weighted by Gasteiger charge is 2.21. The van der Waals surface area contributed by atoms with E-state index in [4.69, 9.17) is 0 Å². The van der Waals surface area contributed by atoms with E-state index in [2.05, 4.69) is 43.5 Å². The van der Waals surface area contributed by atoms with Gasteiger partial charge in [0.05, 0.1) is 0 Å². The van der Waals surface area contributed by atoms with Crippen LogP contribution in [0.25, 0.3) is 0 Å². The maximum atomic E-state index is 4.20. The first kappa shape index (κ1) is 13.1. The molecule has 0 atom stereocenters. The van der Waals surface area contributed by atoms with Gasteiger partial charge in [-0.15, -0.1) is 0 Å². The van der Waals surface area contributed by atoms with Crippen molar-refractivity contribution in [3.05, 3.63) is 12.2 Å². The molecule has 0 bridgehead atoms. The van der Waals surface area contributed by atoms with Crippen molar-refractivity contribution in [2.75, 3.05) is 18.8 Å². The van der Waals surface area contributed by atoms with Gasteiger partial charge in [0.25, 0.3) is 0 Å². The van der Waals surface area contributed by atoms with Crippen LogP contribution in [0.4, 0.5) is 0 Å². The number of hydrogen-bond acceptors (Lipinski definition) is 2. The van der Waals surface area contributed by atoms with Crippen LogP contribution in [0.1, 0.15) is 39.5 Å². The predicted octanol–water partition coefficient (Wildman–Crippen LogP) is 3.37. The zero-order valence-electron chi connectivity index (χ0n) is 10.2. The number of rotatable bonds is 6. The first-order chi connectivity index (χ1) is 7.24. The van der Waals surface area contributed by atoms with Crippen molar-refractivity contribution in [2.45, 2.75) is 45.6 Å². The predicted molar refractivity (Wildman–Crippen MR) is 71.7 cm³/mol. The summed E-state index contributed by atoms with van der Waals surface area (Å²) in [6.45, 7) is 6.97. The zero-order valence-corrected chi connectivity index (χ0v) is 11.0. The molecular formula is C13H25NS. The summed E-state index contributed by atoms with van der Waals surface area (Å²) in [6.07, 6.45) is 10.1. The third-order valence-corrected chi connectivity index (χ3v) is 3.26. The van der Waals surface area contributed by atoms with Crippen LogP contribution in [0.15, 0.2) is 12.2 Å². The van der Waals surface area contributed by atoms with Crippen LogP contribution in [-0.2, 0) is 0 Å². The molecule has 0 aromatic heterocycles. The molecule has 0 spiro atoms. The first-order valence-electron chi connectivity index (χ1n) is 6.24. The lowest BCUT2D eigenvalue weighted by molar-refractivity contribution is 0.197. The van der Waals surface area contributed by atoms with Gasteiger partial charge in [0.2, 0.25) is 0 Å². The molecule has 1 aliphatic carbocycles. The van der Waals surface area contributed by atoms with Crippen molar-refractivity contribution < 1.29 is 0 Å². The highest BCUT2D eigenvalue weighted by Crippen LogP contribution is 2.24. The summed E-state index contributed by atoms with van der Waals surface area (Å²) in [7, 11) is 0. The molecule has 0 unspecified atom stereocenters. The molecule has 1 fully saturated rings. The first-order valence-corrected chi connectivity index (χ1v) is 6.87. The molecule has 15 heavy (non-hydrogen) atoms. The fourth-order valence-corrected chi connectivity index (χ4v) is 2.54. The molecule has 0 heterocycles.